The van der Waals surface area contributed by atoms with E-state index in [1.807, 2.05) is 12.3 Å². The van der Waals surface area contributed by atoms with Crippen molar-refractivity contribution >= 4 is 0 Å². The molecule has 24 heavy (non-hydrogen) atoms. The Balaban J connectivity index is 1.73. The summed E-state index contributed by atoms with van der Waals surface area (Å²) in [7, 11) is 0. The lowest BCUT2D eigenvalue weighted by Gasteiger charge is -2.30. The number of hydrogen-bond acceptors (Lipinski definition) is 5. The number of ether oxygens (including phenoxy) is 2. The number of rotatable bonds is 3. The van der Waals surface area contributed by atoms with Crippen LogP contribution in [0.1, 0.15) is 29.3 Å². The maximum absolute atomic E-state index is 5.58. The number of hydrogen-bond donors (Lipinski definition) is 1. The molecule has 0 aliphatic carbocycles. The second kappa shape index (κ2) is 6.79. The lowest BCUT2D eigenvalue weighted by atomic mass is 10.00. The Labute approximate surface area is 142 Å². The van der Waals surface area contributed by atoms with Crippen LogP contribution < -0.4 is 14.8 Å². The van der Waals surface area contributed by atoms with Crippen molar-refractivity contribution in [2.24, 2.45) is 0 Å². The highest BCUT2D eigenvalue weighted by molar-refractivity contribution is 5.46. The molecule has 1 aromatic heterocycles. The molecule has 4 rings (SSSR count). The molecule has 1 unspecified atom stereocenters. The summed E-state index contributed by atoms with van der Waals surface area (Å²) in [4.78, 5) is 7.23. The van der Waals surface area contributed by atoms with Crippen LogP contribution in [0.5, 0.6) is 11.5 Å². The highest BCUT2D eigenvalue weighted by Gasteiger charge is 2.26. The molecule has 1 N–H and O–H groups in total. The molecule has 5 nitrogen and oxygen atoms in total. The fourth-order valence-corrected chi connectivity index (χ4v) is 3.42. The van der Waals surface area contributed by atoms with Crippen LogP contribution in [-0.4, -0.2) is 42.9 Å². The summed E-state index contributed by atoms with van der Waals surface area (Å²) in [5.41, 5.74) is 3.47. The number of nitrogens with one attached hydrogen (secondary N) is 1. The molecule has 2 aromatic rings. The van der Waals surface area contributed by atoms with Gasteiger partial charge in [0.2, 0.25) is 6.79 Å². The van der Waals surface area contributed by atoms with E-state index in [9.17, 15) is 0 Å². The largest absolute Gasteiger partial charge is 0.454 e. The van der Waals surface area contributed by atoms with Crippen molar-refractivity contribution in [1.82, 2.24) is 15.2 Å². The predicted molar refractivity (Wildman–Crippen MR) is 92.4 cm³/mol. The highest BCUT2D eigenvalue weighted by atomic mass is 16.7. The van der Waals surface area contributed by atoms with Gasteiger partial charge in [-0.15, -0.1) is 0 Å². The molecule has 1 fully saturated rings. The third-order valence-electron chi connectivity index (χ3n) is 4.67. The van der Waals surface area contributed by atoms with Crippen molar-refractivity contribution in [3.05, 3.63) is 53.3 Å². The van der Waals surface area contributed by atoms with Crippen LogP contribution in [0.25, 0.3) is 0 Å². The first-order chi connectivity index (χ1) is 11.8. The summed E-state index contributed by atoms with van der Waals surface area (Å²) < 4.78 is 11.0. The Morgan fingerprint density at radius 1 is 1.08 bits per heavy atom. The van der Waals surface area contributed by atoms with Gasteiger partial charge in [-0.1, -0.05) is 12.1 Å². The van der Waals surface area contributed by atoms with E-state index in [4.69, 9.17) is 14.5 Å². The van der Waals surface area contributed by atoms with Gasteiger partial charge in [0.25, 0.3) is 0 Å². The second-order valence-corrected chi connectivity index (χ2v) is 6.42. The molecule has 1 atom stereocenters. The van der Waals surface area contributed by atoms with Gasteiger partial charge >= 0.3 is 0 Å². The standard InChI is InChI=1S/C19H23N3O2/c1-14-3-5-16(21-12-14)19(22-9-2-7-20-8-10-22)15-4-6-17-18(11-15)24-13-23-17/h3-6,11-12,19-20H,2,7-10,13H2,1H3. The van der Waals surface area contributed by atoms with E-state index in [1.165, 1.54) is 11.1 Å². The molecule has 0 saturated carbocycles. The summed E-state index contributed by atoms with van der Waals surface area (Å²) in [5.74, 6) is 1.66. The molecule has 126 valence electrons. The Morgan fingerprint density at radius 2 is 2.00 bits per heavy atom. The van der Waals surface area contributed by atoms with Crippen LogP contribution in [0.4, 0.5) is 0 Å². The summed E-state index contributed by atoms with van der Waals surface area (Å²) in [5, 5.41) is 3.48. The molecule has 2 aliphatic heterocycles. The summed E-state index contributed by atoms with van der Waals surface area (Å²) >= 11 is 0. The second-order valence-electron chi connectivity index (χ2n) is 6.42. The van der Waals surface area contributed by atoms with E-state index in [2.05, 4.69) is 41.4 Å². The van der Waals surface area contributed by atoms with Gasteiger partial charge in [-0.25, -0.2) is 0 Å². The molecule has 0 bridgehead atoms. The monoisotopic (exact) mass is 325 g/mol. The van der Waals surface area contributed by atoms with Crippen LogP contribution in [0.2, 0.25) is 0 Å². The van der Waals surface area contributed by atoms with Crippen LogP contribution in [0.3, 0.4) is 0 Å². The van der Waals surface area contributed by atoms with Gasteiger partial charge in [-0.05, 0) is 49.2 Å². The number of nitrogens with zero attached hydrogens (tertiary/aromatic N) is 2. The maximum Gasteiger partial charge on any atom is 0.231 e. The van der Waals surface area contributed by atoms with E-state index in [-0.39, 0.29) is 6.04 Å². The van der Waals surface area contributed by atoms with Gasteiger partial charge in [0, 0.05) is 25.8 Å². The molecular formula is C19H23N3O2. The Bertz CT molecular complexity index is 694. The zero-order valence-electron chi connectivity index (χ0n) is 14.0. The molecule has 1 aromatic carbocycles. The Kier molecular flexibility index (Phi) is 4.36. The van der Waals surface area contributed by atoms with Gasteiger partial charge in [0.05, 0.1) is 11.7 Å². The van der Waals surface area contributed by atoms with Crippen molar-refractivity contribution in [2.75, 3.05) is 33.0 Å². The Morgan fingerprint density at radius 3 is 2.88 bits per heavy atom. The number of aryl methyl sites for hydroxylation is 1. The molecule has 3 heterocycles. The van der Waals surface area contributed by atoms with Crippen LogP contribution >= 0.6 is 0 Å². The smallest absolute Gasteiger partial charge is 0.231 e. The first-order valence-corrected chi connectivity index (χ1v) is 8.58. The van der Waals surface area contributed by atoms with Gasteiger partial charge in [-0.3, -0.25) is 9.88 Å². The highest BCUT2D eigenvalue weighted by Crippen LogP contribution is 2.37. The zero-order valence-corrected chi connectivity index (χ0v) is 14.0. The molecule has 0 radical (unpaired) electrons. The third kappa shape index (κ3) is 3.09. The average Bonchev–Trinajstić information content (AvgIpc) is 2.91. The molecule has 1 saturated heterocycles. The molecular weight excluding hydrogens is 302 g/mol. The van der Waals surface area contributed by atoms with Crippen molar-refractivity contribution in [2.45, 2.75) is 19.4 Å². The first-order valence-electron chi connectivity index (χ1n) is 8.58. The summed E-state index contributed by atoms with van der Waals surface area (Å²) in [6.45, 7) is 6.52. The fourth-order valence-electron chi connectivity index (χ4n) is 3.42. The van der Waals surface area contributed by atoms with Gasteiger partial charge < -0.3 is 14.8 Å². The van der Waals surface area contributed by atoms with E-state index in [0.717, 1.165) is 49.8 Å². The zero-order chi connectivity index (χ0) is 16.4. The lowest BCUT2D eigenvalue weighted by molar-refractivity contribution is 0.173. The quantitative estimate of drug-likeness (QED) is 0.939. The van der Waals surface area contributed by atoms with Crippen molar-refractivity contribution in [1.29, 1.82) is 0 Å². The lowest BCUT2D eigenvalue weighted by Crippen LogP contribution is -2.33. The predicted octanol–water partition coefficient (Wildman–Crippen LogP) is 2.50. The van der Waals surface area contributed by atoms with Gasteiger partial charge in [0.15, 0.2) is 11.5 Å². The minimum absolute atomic E-state index is 0.139. The van der Waals surface area contributed by atoms with E-state index >= 15 is 0 Å². The van der Waals surface area contributed by atoms with Crippen molar-refractivity contribution in [3.8, 4) is 11.5 Å². The molecule has 2 aliphatic rings. The number of pyridine rings is 1. The fraction of sp³-hybridized carbons (Fsp3) is 0.421. The van der Waals surface area contributed by atoms with E-state index in [0.29, 0.717) is 6.79 Å². The first kappa shape index (κ1) is 15.4. The SMILES string of the molecule is Cc1ccc(C(c2ccc3c(c2)OCO3)N2CCCNCC2)nc1. The summed E-state index contributed by atoms with van der Waals surface area (Å²) in [6, 6.07) is 10.7. The van der Waals surface area contributed by atoms with Crippen LogP contribution in [-0.2, 0) is 0 Å². The third-order valence-corrected chi connectivity index (χ3v) is 4.67. The van der Waals surface area contributed by atoms with Gasteiger partial charge in [-0.2, -0.15) is 0 Å². The average molecular weight is 325 g/mol. The Hall–Kier alpha value is -2.11. The summed E-state index contributed by atoms with van der Waals surface area (Å²) in [6.07, 6.45) is 3.10. The van der Waals surface area contributed by atoms with Crippen molar-refractivity contribution < 1.29 is 9.47 Å². The normalized spacial score (nSPS) is 19.0. The van der Waals surface area contributed by atoms with Crippen molar-refractivity contribution in [3.63, 3.8) is 0 Å². The number of aromatic nitrogens is 1. The van der Waals surface area contributed by atoms with E-state index in [1.54, 1.807) is 0 Å². The molecule has 0 spiro atoms. The molecule has 0 amide bonds. The number of fused-ring (bicyclic) bond motifs is 1. The minimum Gasteiger partial charge on any atom is -0.454 e. The number of benzene rings is 1. The van der Waals surface area contributed by atoms with E-state index < -0.39 is 0 Å². The topological polar surface area (TPSA) is 46.6 Å². The van der Waals surface area contributed by atoms with Gasteiger partial charge in [0.1, 0.15) is 0 Å². The van der Waals surface area contributed by atoms with Crippen LogP contribution in [0.15, 0.2) is 36.5 Å². The molecule has 5 heteroatoms. The van der Waals surface area contributed by atoms with Crippen LogP contribution in [0, 0.1) is 6.92 Å². The maximum atomic E-state index is 5.58. The minimum atomic E-state index is 0.139.